The van der Waals surface area contributed by atoms with Gasteiger partial charge in [-0.2, -0.15) is 0 Å². The van der Waals surface area contributed by atoms with E-state index in [1.165, 1.54) is 0 Å². The number of nitrogens with one attached hydrogen (secondary N) is 2. The van der Waals surface area contributed by atoms with E-state index in [9.17, 15) is 4.79 Å². The summed E-state index contributed by atoms with van der Waals surface area (Å²) in [5, 5.41) is 16.1. The van der Waals surface area contributed by atoms with E-state index >= 15 is 0 Å². The van der Waals surface area contributed by atoms with Gasteiger partial charge in [0.25, 0.3) is 0 Å². The summed E-state index contributed by atoms with van der Waals surface area (Å²) in [6, 6.07) is 4.36. The van der Waals surface area contributed by atoms with Gasteiger partial charge in [0.05, 0.1) is 18.4 Å². The van der Waals surface area contributed by atoms with E-state index in [0.29, 0.717) is 19.1 Å². The fourth-order valence-electron chi connectivity index (χ4n) is 1.61. The zero-order chi connectivity index (χ0) is 14.4. The normalized spacial score (nSPS) is 10.9. The van der Waals surface area contributed by atoms with Crippen LogP contribution in [-0.2, 0) is 24.4 Å². The Morgan fingerprint density at radius 2 is 2.30 bits per heavy atom. The van der Waals surface area contributed by atoms with Gasteiger partial charge in [-0.15, -0.1) is 16.4 Å². The largest absolute Gasteiger partial charge is 0.350 e. The first-order valence-corrected chi connectivity index (χ1v) is 7.43. The molecule has 2 rings (SSSR count). The first kappa shape index (κ1) is 14.7. The second-order valence-electron chi connectivity index (χ2n) is 4.80. The molecule has 0 aliphatic heterocycles. The van der Waals surface area contributed by atoms with Crippen molar-refractivity contribution in [2.45, 2.75) is 39.5 Å². The van der Waals surface area contributed by atoms with Crippen LogP contribution in [0.2, 0.25) is 0 Å². The monoisotopic (exact) mass is 293 g/mol. The Kier molecular flexibility index (Phi) is 5.25. The number of carbonyl (C=O) groups is 1. The van der Waals surface area contributed by atoms with Crippen LogP contribution in [0.1, 0.15) is 24.4 Å². The zero-order valence-electron chi connectivity index (χ0n) is 11.7. The quantitative estimate of drug-likeness (QED) is 0.803. The van der Waals surface area contributed by atoms with Crippen LogP contribution in [0, 0.1) is 0 Å². The molecular weight excluding hydrogens is 274 g/mol. The van der Waals surface area contributed by atoms with E-state index in [4.69, 9.17) is 0 Å². The summed E-state index contributed by atoms with van der Waals surface area (Å²) in [6.07, 6.45) is 1.79. The fraction of sp³-hybridized carbons (Fsp3) is 0.462. The van der Waals surface area contributed by atoms with Crippen LogP contribution in [0.3, 0.4) is 0 Å². The summed E-state index contributed by atoms with van der Waals surface area (Å²) in [5.41, 5.74) is 0.838. The van der Waals surface area contributed by atoms with Crippen molar-refractivity contribution < 1.29 is 4.79 Å². The van der Waals surface area contributed by atoms with E-state index in [-0.39, 0.29) is 12.5 Å². The van der Waals surface area contributed by atoms with E-state index in [0.717, 1.165) is 10.6 Å². The van der Waals surface area contributed by atoms with Gasteiger partial charge in [0.2, 0.25) is 5.91 Å². The SMILES string of the molecule is CC(C)NCc1cn(CC(=O)NCc2cccs2)nn1. The second-order valence-corrected chi connectivity index (χ2v) is 5.83. The highest BCUT2D eigenvalue weighted by molar-refractivity contribution is 7.09. The molecule has 108 valence electrons. The van der Waals surface area contributed by atoms with Crippen LogP contribution in [0.5, 0.6) is 0 Å². The molecule has 0 unspecified atom stereocenters. The molecule has 0 aliphatic rings. The number of hydrogen-bond donors (Lipinski definition) is 2. The first-order valence-electron chi connectivity index (χ1n) is 6.55. The molecule has 0 radical (unpaired) electrons. The minimum atomic E-state index is -0.0633. The van der Waals surface area contributed by atoms with Crippen molar-refractivity contribution >= 4 is 17.2 Å². The van der Waals surface area contributed by atoms with Crippen molar-refractivity contribution in [2.75, 3.05) is 0 Å². The first-order chi connectivity index (χ1) is 9.63. The number of carbonyl (C=O) groups excluding carboxylic acids is 1. The molecule has 0 atom stereocenters. The van der Waals surface area contributed by atoms with Crippen LogP contribution in [-0.4, -0.2) is 26.9 Å². The van der Waals surface area contributed by atoms with Gasteiger partial charge in [0.1, 0.15) is 6.54 Å². The molecule has 0 spiro atoms. The van der Waals surface area contributed by atoms with Crippen molar-refractivity contribution in [3.8, 4) is 0 Å². The standard InChI is InChI=1S/C13H19N5OS/c1-10(2)14-6-11-8-18(17-16-11)9-13(19)15-7-12-4-3-5-20-12/h3-5,8,10,14H,6-7,9H2,1-2H3,(H,15,19). The zero-order valence-corrected chi connectivity index (χ0v) is 12.5. The van der Waals surface area contributed by atoms with Gasteiger partial charge in [0.15, 0.2) is 0 Å². The lowest BCUT2D eigenvalue weighted by molar-refractivity contribution is -0.122. The van der Waals surface area contributed by atoms with Crippen LogP contribution >= 0.6 is 11.3 Å². The minimum absolute atomic E-state index is 0.0633. The van der Waals surface area contributed by atoms with Crippen LogP contribution in [0.25, 0.3) is 0 Å². The van der Waals surface area contributed by atoms with E-state index < -0.39 is 0 Å². The van der Waals surface area contributed by atoms with Gasteiger partial charge in [-0.3, -0.25) is 4.79 Å². The van der Waals surface area contributed by atoms with Gasteiger partial charge in [-0.25, -0.2) is 4.68 Å². The molecule has 2 aromatic heterocycles. The molecule has 0 aliphatic carbocycles. The summed E-state index contributed by atoms with van der Waals surface area (Å²) in [5.74, 6) is -0.0633. The Labute approximate surface area is 122 Å². The lowest BCUT2D eigenvalue weighted by Gasteiger charge is -2.04. The van der Waals surface area contributed by atoms with Crippen LogP contribution in [0.15, 0.2) is 23.7 Å². The number of hydrogen-bond acceptors (Lipinski definition) is 5. The smallest absolute Gasteiger partial charge is 0.242 e. The van der Waals surface area contributed by atoms with Crippen LogP contribution < -0.4 is 10.6 Å². The Morgan fingerprint density at radius 3 is 3.00 bits per heavy atom. The third-order valence-electron chi connectivity index (χ3n) is 2.62. The third-order valence-corrected chi connectivity index (χ3v) is 3.50. The predicted molar refractivity (Wildman–Crippen MR) is 78.2 cm³/mol. The lowest BCUT2D eigenvalue weighted by Crippen LogP contribution is -2.27. The maximum atomic E-state index is 11.8. The molecule has 20 heavy (non-hydrogen) atoms. The third kappa shape index (κ3) is 4.75. The molecule has 2 aromatic rings. The summed E-state index contributed by atoms with van der Waals surface area (Å²) in [4.78, 5) is 12.9. The van der Waals surface area contributed by atoms with Crippen molar-refractivity contribution in [1.29, 1.82) is 0 Å². The molecule has 0 saturated heterocycles. The average molecular weight is 293 g/mol. The summed E-state index contributed by atoms with van der Waals surface area (Å²) in [6.45, 7) is 5.56. The second kappa shape index (κ2) is 7.16. The topological polar surface area (TPSA) is 71.8 Å². The van der Waals surface area contributed by atoms with Gasteiger partial charge >= 0.3 is 0 Å². The Hall–Kier alpha value is -1.73. The number of amides is 1. The minimum Gasteiger partial charge on any atom is -0.350 e. The Bertz CT molecular complexity index is 535. The lowest BCUT2D eigenvalue weighted by atomic mass is 10.3. The molecule has 0 aromatic carbocycles. The highest BCUT2D eigenvalue weighted by Crippen LogP contribution is 2.07. The van der Waals surface area contributed by atoms with Gasteiger partial charge < -0.3 is 10.6 Å². The summed E-state index contributed by atoms with van der Waals surface area (Å²) >= 11 is 1.63. The molecule has 7 heteroatoms. The molecule has 0 bridgehead atoms. The maximum absolute atomic E-state index is 11.8. The van der Waals surface area contributed by atoms with E-state index in [1.807, 2.05) is 17.5 Å². The molecule has 0 saturated carbocycles. The van der Waals surface area contributed by atoms with E-state index in [1.54, 1.807) is 22.2 Å². The van der Waals surface area contributed by atoms with Gasteiger partial charge in [0, 0.05) is 17.5 Å². The highest BCUT2D eigenvalue weighted by atomic mass is 32.1. The Balaban J connectivity index is 1.76. The van der Waals surface area contributed by atoms with Gasteiger partial charge in [-0.1, -0.05) is 25.1 Å². The fourth-order valence-corrected chi connectivity index (χ4v) is 2.25. The number of aromatic nitrogens is 3. The molecular formula is C13H19N5OS. The molecule has 0 fully saturated rings. The molecule has 2 heterocycles. The van der Waals surface area contributed by atoms with Gasteiger partial charge in [-0.05, 0) is 11.4 Å². The number of nitrogens with zero attached hydrogens (tertiary/aromatic N) is 3. The summed E-state index contributed by atoms with van der Waals surface area (Å²) in [7, 11) is 0. The number of rotatable bonds is 7. The predicted octanol–water partition coefficient (Wildman–Crippen LogP) is 1.15. The molecule has 2 N–H and O–H groups in total. The number of thiophene rings is 1. The molecule has 1 amide bonds. The van der Waals surface area contributed by atoms with Crippen molar-refractivity contribution in [3.63, 3.8) is 0 Å². The average Bonchev–Trinajstić information content (AvgIpc) is 3.05. The van der Waals surface area contributed by atoms with Crippen molar-refractivity contribution in [2.24, 2.45) is 0 Å². The van der Waals surface area contributed by atoms with Crippen molar-refractivity contribution in [3.05, 3.63) is 34.3 Å². The van der Waals surface area contributed by atoms with Crippen molar-refractivity contribution in [1.82, 2.24) is 25.6 Å². The van der Waals surface area contributed by atoms with Crippen LogP contribution in [0.4, 0.5) is 0 Å². The summed E-state index contributed by atoms with van der Waals surface area (Å²) < 4.78 is 1.56. The highest BCUT2D eigenvalue weighted by Gasteiger charge is 2.06. The molecule has 6 nitrogen and oxygen atoms in total. The Morgan fingerprint density at radius 1 is 1.45 bits per heavy atom. The maximum Gasteiger partial charge on any atom is 0.242 e. The van der Waals surface area contributed by atoms with E-state index in [2.05, 4.69) is 34.8 Å².